The second-order valence-electron chi connectivity index (χ2n) is 3.30. The predicted octanol–water partition coefficient (Wildman–Crippen LogP) is 3.40. The Labute approximate surface area is 98.9 Å². The molecule has 0 saturated heterocycles. The third-order valence-electron chi connectivity index (χ3n) is 1.85. The van der Waals surface area contributed by atoms with Crippen LogP contribution in [0.3, 0.4) is 0 Å². The van der Waals surface area contributed by atoms with Crippen LogP contribution < -0.4 is 0 Å². The summed E-state index contributed by atoms with van der Waals surface area (Å²) in [7, 11) is 0. The van der Waals surface area contributed by atoms with E-state index in [1.165, 1.54) is 18.9 Å². The highest BCUT2D eigenvalue weighted by molar-refractivity contribution is 5.26. The molecule has 1 atom stereocenters. The Bertz CT molecular complexity index is 310. The molecule has 0 heterocycles. The molecular weight excluding hydrogens is 196 g/mol. The van der Waals surface area contributed by atoms with E-state index >= 15 is 0 Å². The highest BCUT2D eigenvalue weighted by Gasteiger charge is 1.84. The van der Waals surface area contributed by atoms with Crippen LogP contribution in [0.2, 0.25) is 0 Å². The van der Waals surface area contributed by atoms with E-state index in [0.29, 0.717) is 0 Å². The van der Waals surface area contributed by atoms with Crippen molar-refractivity contribution in [3.8, 4) is 11.8 Å². The highest BCUT2D eigenvalue weighted by atomic mass is 16.3. The van der Waals surface area contributed by atoms with Crippen molar-refractivity contribution < 1.29 is 5.11 Å². The topological polar surface area (TPSA) is 20.2 Å². The number of hydrogen-bond donors (Lipinski definition) is 1. The fraction of sp³-hybridized carbons (Fsp3) is 0.333. The zero-order valence-corrected chi connectivity index (χ0v) is 9.89. The van der Waals surface area contributed by atoms with E-state index < -0.39 is 6.10 Å². The first-order chi connectivity index (χ1) is 7.81. The minimum absolute atomic E-state index is 0.604. The molecule has 0 aliphatic heterocycles. The van der Waals surface area contributed by atoms with Gasteiger partial charge in [0.25, 0.3) is 0 Å². The van der Waals surface area contributed by atoms with Gasteiger partial charge in [-0.15, -0.1) is 6.58 Å². The first-order valence-corrected chi connectivity index (χ1v) is 5.61. The predicted molar refractivity (Wildman–Crippen MR) is 70.9 cm³/mol. The van der Waals surface area contributed by atoms with Crippen LogP contribution in [0.25, 0.3) is 0 Å². The normalized spacial score (nSPS) is 13.1. The molecule has 1 unspecified atom stereocenters. The molecule has 1 heteroatoms. The maximum absolute atomic E-state index is 9.08. The van der Waals surface area contributed by atoms with Gasteiger partial charge in [0, 0.05) is 0 Å². The molecule has 0 saturated carbocycles. The Morgan fingerprint density at radius 3 is 2.69 bits per heavy atom. The summed E-state index contributed by atoms with van der Waals surface area (Å²) in [6, 6.07) is 0. The molecule has 1 N–H and O–H groups in total. The Morgan fingerprint density at radius 2 is 2.00 bits per heavy atom. The summed E-state index contributed by atoms with van der Waals surface area (Å²) >= 11 is 0. The van der Waals surface area contributed by atoms with Gasteiger partial charge in [-0.1, -0.05) is 55.9 Å². The van der Waals surface area contributed by atoms with E-state index in [1.54, 1.807) is 18.2 Å². The van der Waals surface area contributed by atoms with Gasteiger partial charge in [0.2, 0.25) is 0 Å². The Kier molecular flexibility index (Phi) is 10.5. The SMILES string of the molecule is C=CC(O)C=CC#CC=CC=CCCCC. The first-order valence-electron chi connectivity index (χ1n) is 5.61. The molecule has 0 bridgehead atoms. The van der Waals surface area contributed by atoms with E-state index in [4.69, 9.17) is 5.11 Å². The second kappa shape index (κ2) is 11.6. The molecule has 16 heavy (non-hydrogen) atoms. The van der Waals surface area contributed by atoms with Gasteiger partial charge in [-0.3, -0.25) is 0 Å². The summed E-state index contributed by atoms with van der Waals surface area (Å²) < 4.78 is 0. The van der Waals surface area contributed by atoms with Crippen LogP contribution in [0.5, 0.6) is 0 Å². The van der Waals surface area contributed by atoms with E-state index in [9.17, 15) is 0 Å². The number of allylic oxidation sites excluding steroid dienone is 5. The summed E-state index contributed by atoms with van der Waals surface area (Å²) in [5.74, 6) is 5.64. The lowest BCUT2D eigenvalue weighted by atomic mass is 10.2. The Hall–Kier alpha value is -1.52. The third kappa shape index (κ3) is 10.6. The van der Waals surface area contributed by atoms with Crippen LogP contribution in [-0.4, -0.2) is 11.2 Å². The van der Waals surface area contributed by atoms with E-state index in [-0.39, 0.29) is 0 Å². The minimum Gasteiger partial charge on any atom is -0.385 e. The van der Waals surface area contributed by atoms with Gasteiger partial charge in [-0.05, 0) is 24.6 Å². The standard InChI is InChI=1S/C15H20O/c1-3-5-6-7-8-9-10-11-12-13-14-15(16)4-2/h4,7-10,13-16H,2-3,5-6H2,1H3. The fourth-order valence-corrected chi connectivity index (χ4v) is 0.922. The van der Waals surface area contributed by atoms with Crippen LogP contribution in [0.1, 0.15) is 26.2 Å². The maximum atomic E-state index is 9.08. The number of rotatable bonds is 6. The molecule has 0 rings (SSSR count). The number of hydrogen-bond acceptors (Lipinski definition) is 1. The van der Waals surface area contributed by atoms with Crippen molar-refractivity contribution in [3.63, 3.8) is 0 Å². The summed E-state index contributed by atoms with van der Waals surface area (Å²) in [6.45, 7) is 5.63. The highest BCUT2D eigenvalue weighted by Crippen LogP contribution is 1.94. The Balaban J connectivity index is 3.74. The smallest absolute Gasteiger partial charge is 0.0909 e. The quantitative estimate of drug-likeness (QED) is 0.312. The van der Waals surface area contributed by atoms with Gasteiger partial charge in [0.05, 0.1) is 6.10 Å². The van der Waals surface area contributed by atoms with Crippen LogP contribution in [0.15, 0.2) is 49.1 Å². The van der Waals surface area contributed by atoms with Gasteiger partial charge in [-0.25, -0.2) is 0 Å². The van der Waals surface area contributed by atoms with E-state index in [0.717, 1.165) is 6.42 Å². The van der Waals surface area contributed by atoms with Gasteiger partial charge in [0.1, 0.15) is 0 Å². The van der Waals surface area contributed by atoms with Crippen molar-refractivity contribution in [2.75, 3.05) is 0 Å². The molecule has 1 nitrogen and oxygen atoms in total. The second-order valence-corrected chi connectivity index (χ2v) is 3.30. The van der Waals surface area contributed by atoms with Gasteiger partial charge < -0.3 is 5.11 Å². The molecule has 0 aromatic heterocycles. The lowest BCUT2D eigenvalue weighted by Gasteiger charge is -1.90. The molecule has 0 aromatic carbocycles. The molecule has 0 aliphatic rings. The molecule has 86 valence electrons. The molecule has 0 aromatic rings. The average Bonchev–Trinajstić information content (AvgIpc) is 2.31. The summed E-state index contributed by atoms with van der Waals surface area (Å²) in [4.78, 5) is 0. The van der Waals surface area contributed by atoms with Crippen molar-refractivity contribution in [1.29, 1.82) is 0 Å². The van der Waals surface area contributed by atoms with Crippen molar-refractivity contribution in [2.45, 2.75) is 32.3 Å². The van der Waals surface area contributed by atoms with Crippen LogP contribution in [-0.2, 0) is 0 Å². The molecular formula is C15H20O. The molecule has 0 aliphatic carbocycles. The summed E-state index contributed by atoms with van der Waals surface area (Å²) in [6.07, 6.45) is 15.5. The number of aliphatic hydroxyl groups excluding tert-OH is 1. The molecule has 0 spiro atoms. The van der Waals surface area contributed by atoms with Crippen molar-refractivity contribution in [3.05, 3.63) is 49.1 Å². The third-order valence-corrected chi connectivity index (χ3v) is 1.85. The minimum atomic E-state index is -0.604. The molecule has 0 amide bonds. The van der Waals surface area contributed by atoms with Crippen molar-refractivity contribution >= 4 is 0 Å². The van der Waals surface area contributed by atoms with Crippen LogP contribution >= 0.6 is 0 Å². The zero-order valence-electron chi connectivity index (χ0n) is 9.89. The van der Waals surface area contributed by atoms with Crippen molar-refractivity contribution in [1.82, 2.24) is 0 Å². The Morgan fingerprint density at radius 1 is 1.25 bits per heavy atom. The molecule has 0 fully saturated rings. The van der Waals surface area contributed by atoms with Crippen LogP contribution in [0, 0.1) is 11.8 Å². The number of unbranched alkanes of at least 4 members (excludes halogenated alkanes) is 2. The summed E-state index contributed by atoms with van der Waals surface area (Å²) in [5.41, 5.74) is 0. The molecule has 0 radical (unpaired) electrons. The monoisotopic (exact) mass is 216 g/mol. The lowest BCUT2D eigenvalue weighted by Crippen LogP contribution is -1.93. The fourth-order valence-electron chi connectivity index (χ4n) is 0.922. The maximum Gasteiger partial charge on any atom is 0.0909 e. The largest absolute Gasteiger partial charge is 0.385 e. The van der Waals surface area contributed by atoms with Gasteiger partial charge in [0.15, 0.2) is 0 Å². The van der Waals surface area contributed by atoms with E-state index in [1.807, 2.05) is 12.2 Å². The van der Waals surface area contributed by atoms with Crippen molar-refractivity contribution in [2.24, 2.45) is 0 Å². The number of aliphatic hydroxyl groups is 1. The van der Waals surface area contributed by atoms with Crippen LogP contribution in [0.4, 0.5) is 0 Å². The van der Waals surface area contributed by atoms with Gasteiger partial charge >= 0.3 is 0 Å². The lowest BCUT2D eigenvalue weighted by molar-refractivity contribution is 0.272. The average molecular weight is 216 g/mol. The first kappa shape index (κ1) is 14.5. The summed E-state index contributed by atoms with van der Waals surface area (Å²) in [5, 5.41) is 9.08. The zero-order chi connectivity index (χ0) is 12.1. The van der Waals surface area contributed by atoms with E-state index in [2.05, 4.69) is 31.4 Å². The van der Waals surface area contributed by atoms with Gasteiger partial charge in [-0.2, -0.15) is 0 Å².